The van der Waals surface area contributed by atoms with Crippen LogP contribution in [0.15, 0.2) is 60.3 Å². The van der Waals surface area contributed by atoms with E-state index in [0.29, 0.717) is 5.57 Å². The summed E-state index contributed by atoms with van der Waals surface area (Å²) in [6.45, 7) is 0. The number of hydrogen-bond acceptors (Lipinski definition) is 4. The molecule has 0 amide bonds. The van der Waals surface area contributed by atoms with E-state index < -0.39 is 17.9 Å². The Morgan fingerprint density at radius 1 is 1.20 bits per heavy atom. The summed E-state index contributed by atoms with van der Waals surface area (Å²) in [5.41, 5.74) is 3.20. The fraction of sp³-hybridized carbons (Fsp3) is 0.200. The van der Waals surface area contributed by atoms with Crippen LogP contribution in [0.25, 0.3) is 11.1 Å². The molecule has 2 atom stereocenters. The fourth-order valence-electron chi connectivity index (χ4n) is 3.32. The molecular weight excluding hydrogens is 316 g/mol. The minimum absolute atomic E-state index is 0.458. The first-order valence-electron chi connectivity index (χ1n) is 7.86. The van der Waals surface area contributed by atoms with Gasteiger partial charge in [-0.3, -0.25) is 0 Å². The lowest BCUT2D eigenvalue weighted by molar-refractivity contribution is -0.141. The van der Waals surface area contributed by atoms with E-state index in [4.69, 9.17) is 4.74 Å². The van der Waals surface area contributed by atoms with Gasteiger partial charge in [-0.15, -0.1) is 0 Å². The molecule has 0 aromatic heterocycles. The van der Waals surface area contributed by atoms with Crippen molar-refractivity contribution in [2.45, 2.75) is 12.0 Å². The van der Waals surface area contributed by atoms with Crippen molar-refractivity contribution in [1.82, 2.24) is 4.90 Å². The number of nitriles is 1. The molecule has 0 saturated carbocycles. The minimum Gasteiger partial charge on any atom is -0.496 e. The quantitative estimate of drug-likeness (QED) is 0.929. The summed E-state index contributed by atoms with van der Waals surface area (Å²) in [4.78, 5) is 13.2. The van der Waals surface area contributed by atoms with Crippen molar-refractivity contribution in [2.24, 2.45) is 0 Å². The van der Waals surface area contributed by atoms with Crippen molar-refractivity contribution < 1.29 is 14.6 Å². The van der Waals surface area contributed by atoms with Crippen LogP contribution in [0.5, 0.6) is 5.75 Å². The Bertz CT molecular complexity index is 865. The van der Waals surface area contributed by atoms with E-state index in [1.807, 2.05) is 48.5 Å². The highest BCUT2D eigenvalue weighted by Crippen LogP contribution is 2.37. The van der Waals surface area contributed by atoms with Gasteiger partial charge in [0.1, 0.15) is 11.8 Å². The fourth-order valence-corrected chi connectivity index (χ4v) is 3.32. The van der Waals surface area contributed by atoms with Crippen molar-refractivity contribution in [3.8, 4) is 22.9 Å². The third-order valence-electron chi connectivity index (χ3n) is 4.50. The molecule has 126 valence electrons. The molecule has 2 aromatic carbocycles. The molecule has 5 heteroatoms. The molecule has 0 fully saturated rings. The molecule has 2 aromatic rings. The van der Waals surface area contributed by atoms with Crippen molar-refractivity contribution in [3.63, 3.8) is 0 Å². The molecule has 0 radical (unpaired) electrons. The molecule has 25 heavy (non-hydrogen) atoms. The largest absolute Gasteiger partial charge is 0.496 e. The molecule has 1 N–H and O–H groups in total. The number of para-hydroxylation sites is 1. The molecule has 1 heterocycles. The van der Waals surface area contributed by atoms with E-state index in [0.717, 1.165) is 22.4 Å². The minimum atomic E-state index is -0.942. The summed E-state index contributed by atoms with van der Waals surface area (Å²) < 4.78 is 5.39. The molecule has 2 unspecified atom stereocenters. The average molecular weight is 334 g/mol. The Balaban J connectivity index is 1.98. The standard InChI is InChI=1S/C20H18N2O3/c1-22-12-15(11-21)18(19(22)20(23)24)14-9-7-13(8-10-14)16-5-3-4-6-17(16)25-2/h3-10,12,18-19H,1-2H3,(H,23,24). The van der Waals surface area contributed by atoms with E-state index in [2.05, 4.69) is 6.07 Å². The number of likely N-dealkylation sites (N-methyl/N-ethyl adjacent to an activating group) is 1. The van der Waals surface area contributed by atoms with Crippen molar-refractivity contribution in [3.05, 3.63) is 65.9 Å². The highest BCUT2D eigenvalue weighted by molar-refractivity contribution is 5.78. The van der Waals surface area contributed by atoms with E-state index in [1.54, 1.807) is 25.3 Å². The number of carboxylic acids is 1. The number of carbonyl (C=O) groups is 1. The van der Waals surface area contributed by atoms with Crippen LogP contribution in [0.3, 0.4) is 0 Å². The van der Waals surface area contributed by atoms with Crippen LogP contribution in [0.2, 0.25) is 0 Å². The lowest BCUT2D eigenvalue weighted by Gasteiger charge is -2.23. The summed E-state index contributed by atoms with van der Waals surface area (Å²) in [5, 5.41) is 18.9. The third-order valence-corrected chi connectivity index (χ3v) is 4.50. The van der Waals surface area contributed by atoms with E-state index in [-0.39, 0.29) is 0 Å². The smallest absolute Gasteiger partial charge is 0.327 e. The maximum Gasteiger partial charge on any atom is 0.327 e. The summed E-state index contributed by atoms with van der Waals surface area (Å²) >= 11 is 0. The second-order valence-corrected chi connectivity index (χ2v) is 5.94. The zero-order valence-corrected chi connectivity index (χ0v) is 14.0. The van der Waals surface area contributed by atoms with Crippen molar-refractivity contribution in [2.75, 3.05) is 14.2 Å². The lowest BCUT2D eigenvalue weighted by Crippen LogP contribution is -2.36. The zero-order chi connectivity index (χ0) is 18.0. The van der Waals surface area contributed by atoms with Crippen LogP contribution in [0.1, 0.15) is 11.5 Å². The van der Waals surface area contributed by atoms with Crippen LogP contribution in [-0.2, 0) is 4.79 Å². The molecule has 1 aliphatic rings. The Kier molecular flexibility index (Phi) is 4.44. The number of aliphatic carboxylic acids is 1. The number of ether oxygens (including phenoxy) is 1. The third kappa shape index (κ3) is 2.94. The summed E-state index contributed by atoms with van der Waals surface area (Å²) in [6.07, 6.45) is 1.61. The van der Waals surface area contributed by atoms with Gasteiger partial charge in [-0.05, 0) is 17.2 Å². The topological polar surface area (TPSA) is 73.6 Å². The Morgan fingerprint density at radius 3 is 2.48 bits per heavy atom. The second kappa shape index (κ2) is 6.70. The maximum atomic E-state index is 11.6. The van der Waals surface area contributed by atoms with Gasteiger partial charge in [0.05, 0.1) is 24.7 Å². The van der Waals surface area contributed by atoms with Gasteiger partial charge in [-0.1, -0.05) is 42.5 Å². The van der Waals surface area contributed by atoms with Crippen LogP contribution >= 0.6 is 0 Å². The first-order valence-corrected chi connectivity index (χ1v) is 7.86. The molecule has 1 aliphatic heterocycles. The monoisotopic (exact) mass is 334 g/mol. The van der Waals surface area contributed by atoms with Gasteiger partial charge in [0.15, 0.2) is 0 Å². The number of carboxylic acid groups (broad SMARTS) is 1. The van der Waals surface area contributed by atoms with Gasteiger partial charge in [-0.25, -0.2) is 4.79 Å². The zero-order valence-electron chi connectivity index (χ0n) is 14.0. The molecule has 0 spiro atoms. The predicted molar refractivity (Wildman–Crippen MR) is 94.1 cm³/mol. The van der Waals surface area contributed by atoms with Gasteiger partial charge < -0.3 is 14.7 Å². The highest BCUT2D eigenvalue weighted by Gasteiger charge is 2.39. The van der Waals surface area contributed by atoms with Crippen molar-refractivity contribution in [1.29, 1.82) is 5.26 Å². The highest BCUT2D eigenvalue weighted by atomic mass is 16.5. The van der Waals surface area contributed by atoms with Gasteiger partial charge in [0, 0.05) is 18.8 Å². The number of benzene rings is 2. The molecule has 3 rings (SSSR count). The Morgan fingerprint density at radius 2 is 1.88 bits per heavy atom. The molecule has 5 nitrogen and oxygen atoms in total. The number of methoxy groups -OCH3 is 1. The second-order valence-electron chi connectivity index (χ2n) is 5.94. The molecular formula is C20H18N2O3. The van der Waals surface area contributed by atoms with E-state index >= 15 is 0 Å². The Hall–Kier alpha value is -3.26. The predicted octanol–water partition coefficient (Wildman–Crippen LogP) is 3.25. The number of hydrogen-bond donors (Lipinski definition) is 1. The SMILES string of the molecule is COc1ccccc1-c1ccc(C2C(C#N)=CN(C)C2C(=O)O)cc1. The number of nitrogens with zero attached hydrogens (tertiary/aromatic N) is 2. The van der Waals surface area contributed by atoms with Gasteiger partial charge in [0.25, 0.3) is 0 Å². The normalized spacial score (nSPS) is 19.2. The van der Waals surface area contributed by atoms with Gasteiger partial charge in [0.2, 0.25) is 0 Å². The molecule has 0 bridgehead atoms. The van der Waals surface area contributed by atoms with E-state index in [9.17, 15) is 15.2 Å². The Labute approximate surface area is 146 Å². The maximum absolute atomic E-state index is 11.6. The first kappa shape index (κ1) is 16.6. The van der Waals surface area contributed by atoms with Crippen LogP contribution in [-0.4, -0.2) is 36.2 Å². The van der Waals surface area contributed by atoms with E-state index in [1.165, 1.54) is 0 Å². The van der Waals surface area contributed by atoms with Crippen LogP contribution < -0.4 is 4.74 Å². The summed E-state index contributed by atoms with van der Waals surface area (Å²) in [5.74, 6) is -0.640. The van der Waals surface area contributed by atoms with Crippen LogP contribution in [0.4, 0.5) is 0 Å². The van der Waals surface area contributed by atoms with Gasteiger partial charge in [-0.2, -0.15) is 5.26 Å². The first-order chi connectivity index (χ1) is 12.1. The molecule has 0 saturated heterocycles. The van der Waals surface area contributed by atoms with Crippen molar-refractivity contribution >= 4 is 5.97 Å². The average Bonchev–Trinajstić information content (AvgIpc) is 2.98. The number of rotatable bonds is 4. The van der Waals surface area contributed by atoms with Crippen LogP contribution in [0, 0.1) is 11.3 Å². The van der Waals surface area contributed by atoms with Gasteiger partial charge >= 0.3 is 5.97 Å². The lowest BCUT2D eigenvalue weighted by atomic mass is 9.87. The summed E-state index contributed by atoms with van der Waals surface area (Å²) in [7, 11) is 3.31. The summed E-state index contributed by atoms with van der Waals surface area (Å²) in [6, 6.07) is 16.7. The molecule has 0 aliphatic carbocycles.